The first-order valence-corrected chi connectivity index (χ1v) is 6.06. The molecular weight excluding hydrogens is 254 g/mol. The zero-order valence-electron chi connectivity index (χ0n) is 10.1. The quantitative estimate of drug-likeness (QED) is 0.708. The predicted octanol–water partition coefficient (Wildman–Crippen LogP) is 1.46. The van der Waals surface area contributed by atoms with Crippen molar-refractivity contribution in [3.63, 3.8) is 0 Å². The zero-order chi connectivity index (χ0) is 13.5. The van der Waals surface area contributed by atoms with Crippen molar-refractivity contribution in [2.24, 2.45) is 5.73 Å². The number of nitrogens with two attached hydrogens (primary N) is 1. The first kappa shape index (κ1) is 14.5. The third kappa shape index (κ3) is 4.35. The second-order valence-corrected chi connectivity index (χ2v) is 4.07. The number of hydrogen-bond acceptors (Lipinski definition) is 3. The van der Waals surface area contributed by atoms with Gasteiger partial charge in [-0.25, -0.2) is 0 Å². The van der Waals surface area contributed by atoms with Gasteiger partial charge in [0.15, 0.2) is 0 Å². The monoisotopic (exact) mass is 269 g/mol. The summed E-state index contributed by atoms with van der Waals surface area (Å²) in [5, 5.41) is 5.36. The van der Waals surface area contributed by atoms with Crippen molar-refractivity contribution < 1.29 is 9.59 Å². The van der Waals surface area contributed by atoms with Gasteiger partial charge in [-0.3, -0.25) is 9.59 Å². The van der Waals surface area contributed by atoms with E-state index in [0.29, 0.717) is 17.9 Å². The van der Waals surface area contributed by atoms with Crippen LogP contribution in [-0.2, 0) is 9.59 Å². The van der Waals surface area contributed by atoms with Crippen LogP contribution < -0.4 is 16.4 Å². The summed E-state index contributed by atoms with van der Waals surface area (Å²) in [6.45, 7) is 2.17. The van der Waals surface area contributed by atoms with Gasteiger partial charge in [0.1, 0.15) is 5.88 Å². The minimum atomic E-state index is -0.292. The van der Waals surface area contributed by atoms with E-state index >= 15 is 0 Å². The molecule has 4 N–H and O–H groups in total. The minimum Gasteiger partial charge on any atom is -0.330 e. The number of rotatable bonds is 5. The number of alkyl halides is 1. The molecule has 18 heavy (non-hydrogen) atoms. The van der Waals surface area contributed by atoms with Crippen LogP contribution in [0.25, 0.3) is 0 Å². The minimum absolute atomic E-state index is 0.108. The van der Waals surface area contributed by atoms with E-state index in [1.165, 1.54) is 0 Å². The van der Waals surface area contributed by atoms with Crippen molar-refractivity contribution in [2.75, 3.05) is 23.1 Å². The fourth-order valence-corrected chi connectivity index (χ4v) is 1.44. The van der Waals surface area contributed by atoms with Gasteiger partial charge in [0.2, 0.25) is 11.8 Å². The first-order valence-electron chi connectivity index (χ1n) is 5.53. The maximum absolute atomic E-state index is 11.5. The highest BCUT2D eigenvalue weighted by Gasteiger charge is 2.06. The Hall–Kier alpha value is -1.59. The van der Waals surface area contributed by atoms with Gasteiger partial charge in [-0.2, -0.15) is 0 Å². The van der Waals surface area contributed by atoms with Crippen LogP contribution in [-0.4, -0.2) is 24.2 Å². The summed E-state index contributed by atoms with van der Waals surface area (Å²) in [4.78, 5) is 22.6. The Kier molecular flexibility index (Phi) is 5.61. The van der Waals surface area contributed by atoms with E-state index in [9.17, 15) is 9.59 Å². The zero-order valence-corrected chi connectivity index (χ0v) is 10.9. The van der Waals surface area contributed by atoms with Crippen molar-refractivity contribution in [3.8, 4) is 0 Å². The smallest absolute Gasteiger partial charge is 0.239 e. The number of aryl methyl sites for hydroxylation is 1. The summed E-state index contributed by atoms with van der Waals surface area (Å²) in [6, 6.07) is 5.24. The SMILES string of the molecule is Cc1ccc(NC(=O)CCl)cc1NC(=O)CCN. The average molecular weight is 270 g/mol. The lowest BCUT2D eigenvalue weighted by Gasteiger charge is -2.10. The van der Waals surface area contributed by atoms with Crippen molar-refractivity contribution in [1.82, 2.24) is 0 Å². The number of nitrogens with one attached hydrogen (secondary N) is 2. The van der Waals surface area contributed by atoms with Gasteiger partial charge < -0.3 is 16.4 Å². The molecule has 0 spiro atoms. The molecule has 0 aromatic heterocycles. The fraction of sp³-hybridized carbons (Fsp3) is 0.333. The Morgan fingerprint density at radius 1 is 1.28 bits per heavy atom. The normalized spacial score (nSPS) is 9.94. The van der Waals surface area contributed by atoms with Crippen LogP contribution in [0.4, 0.5) is 11.4 Å². The molecule has 0 saturated heterocycles. The van der Waals surface area contributed by atoms with E-state index in [-0.39, 0.29) is 24.1 Å². The van der Waals surface area contributed by atoms with Crippen molar-refractivity contribution in [1.29, 1.82) is 0 Å². The Labute approximate surface area is 111 Å². The van der Waals surface area contributed by atoms with Crippen LogP contribution >= 0.6 is 11.6 Å². The summed E-state index contributed by atoms with van der Waals surface area (Å²) < 4.78 is 0. The molecule has 0 radical (unpaired) electrons. The molecule has 0 bridgehead atoms. The van der Waals surface area contributed by atoms with Gasteiger partial charge in [-0.05, 0) is 24.6 Å². The number of amides is 2. The van der Waals surface area contributed by atoms with E-state index in [4.69, 9.17) is 17.3 Å². The standard InChI is InChI=1S/C12H16ClN3O2/c1-8-2-3-9(15-12(18)7-13)6-10(8)16-11(17)4-5-14/h2-3,6H,4-5,7,14H2,1H3,(H,15,18)(H,16,17). The van der Waals surface area contributed by atoms with Crippen LogP contribution in [0, 0.1) is 6.92 Å². The molecule has 0 aliphatic rings. The Morgan fingerprint density at radius 3 is 2.61 bits per heavy atom. The fourth-order valence-electron chi connectivity index (χ4n) is 1.37. The van der Waals surface area contributed by atoms with Crippen LogP contribution in [0.1, 0.15) is 12.0 Å². The lowest BCUT2D eigenvalue weighted by Crippen LogP contribution is -2.17. The Bertz CT molecular complexity index is 449. The van der Waals surface area contributed by atoms with Crippen LogP contribution in [0.2, 0.25) is 0 Å². The molecule has 1 aromatic rings. The van der Waals surface area contributed by atoms with Gasteiger partial charge in [0.25, 0.3) is 0 Å². The topological polar surface area (TPSA) is 84.2 Å². The summed E-state index contributed by atoms with van der Waals surface area (Å²) >= 11 is 5.40. The van der Waals surface area contributed by atoms with E-state index in [1.807, 2.05) is 13.0 Å². The highest BCUT2D eigenvalue weighted by atomic mass is 35.5. The van der Waals surface area contributed by atoms with Gasteiger partial charge in [0.05, 0.1) is 0 Å². The van der Waals surface area contributed by atoms with Crippen molar-refractivity contribution >= 4 is 34.8 Å². The summed E-state index contributed by atoms with van der Waals surface area (Å²) in [5.41, 5.74) is 7.45. The maximum atomic E-state index is 11.5. The van der Waals surface area contributed by atoms with E-state index in [0.717, 1.165) is 5.56 Å². The van der Waals surface area contributed by atoms with Gasteiger partial charge >= 0.3 is 0 Å². The highest BCUT2D eigenvalue weighted by molar-refractivity contribution is 6.29. The molecule has 98 valence electrons. The molecule has 0 aliphatic heterocycles. The van der Waals surface area contributed by atoms with E-state index < -0.39 is 0 Å². The maximum Gasteiger partial charge on any atom is 0.239 e. The molecule has 2 amide bonds. The summed E-state index contributed by atoms with van der Waals surface area (Å²) in [7, 11) is 0. The van der Waals surface area contributed by atoms with Crippen LogP contribution in [0.15, 0.2) is 18.2 Å². The summed E-state index contributed by atoms with van der Waals surface area (Å²) in [5.74, 6) is -0.552. The molecule has 0 unspecified atom stereocenters. The Balaban J connectivity index is 2.80. The molecular formula is C12H16ClN3O2. The van der Waals surface area contributed by atoms with E-state index in [1.54, 1.807) is 12.1 Å². The molecule has 0 atom stereocenters. The Morgan fingerprint density at radius 2 is 2.00 bits per heavy atom. The van der Waals surface area contributed by atoms with Crippen LogP contribution in [0.5, 0.6) is 0 Å². The molecule has 1 rings (SSSR count). The number of halogens is 1. The third-order valence-electron chi connectivity index (χ3n) is 2.29. The average Bonchev–Trinajstić information content (AvgIpc) is 2.33. The number of anilines is 2. The summed E-state index contributed by atoms with van der Waals surface area (Å²) in [6.07, 6.45) is 0.262. The third-order valence-corrected chi connectivity index (χ3v) is 2.53. The van der Waals surface area contributed by atoms with Gasteiger partial charge in [-0.15, -0.1) is 11.6 Å². The molecule has 0 aliphatic carbocycles. The molecule has 0 heterocycles. The van der Waals surface area contributed by atoms with Crippen LogP contribution in [0.3, 0.4) is 0 Å². The van der Waals surface area contributed by atoms with Crippen molar-refractivity contribution in [3.05, 3.63) is 23.8 Å². The second-order valence-electron chi connectivity index (χ2n) is 3.80. The molecule has 5 nitrogen and oxygen atoms in total. The predicted molar refractivity (Wildman–Crippen MR) is 72.8 cm³/mol. The number of carbonyl (C=O) groups is 2. The van der Waals surface area contributed by atoms with Gasteiger partial charge in [-0.1, -0.05) is 6.07 Å². The highest BCUT2D eigenvalue weighted by Crippen LogP contribution is 2.20. The number of hydrogen-bond donors (Lipinski definition) is 3. The first-order chi connectivity index (χ1) is 8.56. The molecule has 0 saturated carbocycles. The molecule has 0 fully saturated rings. The van der Waals surface area contributed by atoms with Gasteiger partial charge in [0, 0.05) is 24.3 Å². The largest absolute Gasteiger partial charge is 0.330 e. The molecule has 1 aromatic carbocycles. The lowest BCUT2D eigenvalue weighted by atomic mass is 10.1. The lowest BCUT2D eigenvalue weighted by molar-refractivity contribution is -0.116. The molecule has 6 heteroatoms. The number of benzene rings is 1. The van der Waals surface area contributed by atoms with Crippen molar-refractivity contribution in [2.45, 2.75) is 13.3 Å². The van der Waals surface area contributed by atoms with E-state index in [2.05, 4.69) is 10.6 Å². The number of carbonyl (C=O) groups excluding carboxylic acids is 2. The second kappa shape index (κ2) is 6.98.